The highest BCUT2D eigenvalue weighted by Gasteiger charge is 2.44. The first-order valence-corrected chi connectivity index (χ1v) is 23.9. The first-order chi connectivity index (χ1) is 30.8. The third-order valence-electron chi connectivity index (χ3n) is 10.2. The third-order valence-corrected chi connectivity index (χ3v) is 10.2. The van der Waals surface area contributed by atoms with Crippen LogP contribution in [-0.4, -0.2) is 87.5 Å². The van der Waals surface area contributed by atoms with Crippen molar-refractivity contribution in [1.82, 2.24) is 5.32 Å². The number of nitrogens with one attached hydrogen (secondary N) is 1. The molecule has 0 spiro atoms. The molecule has 1 saturated heterocycles. The van der Waals surface area contributed by atoms with Crippen LogP contribution >= 0.6 is 0 Å². The van der Waals surface area contributed by atoms with Crippen LogP contribution in [0.15, 0.2) is 134 Å². The van der Waals surface area contributed by atoms with Crippen LogP contribution in [0.3, 0.4) is 0 Å². The van der Waals surface area contributed by atoms with Crippen LogP contribution in [0.4, 0.5) is 0 Å². The van der Waals surface area contributed by atoms with Crippen LogP contribution < -0.4 is 5.32 Å². The van der Waals surface area contributed by atoms with Gasteiger partial charge >= 0.3 is 0 Å². The van der Waals surface area contributed by atoms with E-state index in [-0.39, 0.29) is 18.9 Å². The molecule has 63 heavy (non-hydrogen) atoms. The molecule has 0 saturated carbocycles. The maximum absolute atomic E-state index is 12.9. The van der Waals surface area contributed by atoms with Crippen molar-refractivity contribution in [3.63, 3.8) is 0 Å². The predicted molar refractivity (Wildman–Crippen MR) is 262 cm³/mol. The van der Waals surface area contributed by atoms with E-state index in [9.17, 15) is 30.3 Å². The van der Waals surface area contributed by atoms with Crippen molar-refractivity contribution in [3.05, 3.63) is 134 Å². The van der Waals surface area contributed by atoms with Crippen molar-refractivity contribution in [1.29, 1.82) is 0 Å². The summed E-state index contributed by atoms with van der Waals surface area (Å²) in [6, 6.07) is -0.847. The van der Waals surface area contributed by atoms with E-state index in [0.29, 0.717) is 6.42 Å². The number of carbonyl (C=O) groups is 1. The number of ether oxygens (including phenoxy) is 2. The molecule has 9 heteroatoms. The van der Waals surface area contributed by atoms with E-state index in [1.807, 2.05) is 6.08 Å². The van der Waals surface area contributed by atoms with Gasteiger partial charge in [0.25, 0.3) is 0 Å². The largest absolute Gasteiger partial charge is 0.394 e. The molecule has 0 aromatic heterocycles. The van der Waals surface area contributed by atoms with Crippen LogP contribution in [0.5, 0.6) is 0 Å². The maximum atomic E-state index is 12.9. The molecular weight excluding hydrogens is 791 g/mol. The molecule has 1 aliphatic heterocycles. The Balaban J connectivity index is 2.28. The maximum Gasteiger partial charge on any atom is 0.220 e. The molecule has 6 N–H and O–H groups in total. The number of hydrogen-bond acceptors (Lipinski definition) is 8. The molecule has 0 bridgehead atoms. The van der Waals surface area contributed by atoms with Gasteiger partial charge in [-0.15, -0.1) is 0 Å². The third kappa shape index (κ3) is 32.6. The zero-order chi connectivity index (χ0) is 45.9. The van der Waals surface area contributed by atoms with Gasteiger partial charge in [-0.2, -0.15) is 0 Å². The molecule has 1 heterocycles. The van der Waals surface area contributed by atoms with Gasteiger partial charge in [0.2, 0.25) is 5.91 Å². The molecule has 1 fully saturated rings. The van der Waals surface area contributed by atoms with Crippen molar-refractivity contribution in [2.24, 2.45) is 0 Å². The lowest BCUT2D eigenvalue weighted by atomic mass is 9.99. The summed E-state index contributed by atoms with van der Waals surface area (Å²) < 4.78 is 11.1. The molecule has 7 atom stereocenters. The SMILES string of the molecule is CC/C=C\C/C=C\C/C=C\C/C=C\C/C=C\C/C=C\C/C=C\C/C=C\C/C=C\CCCCCC(=O)NC(COC1OC(CO)C(O)C(O)C1O)C(O)/C=C/CC/C=C/CCCCC. The zero-order valence-corrected chi connectivity index (χ0v) is 38.8. The van der Waals surface area contributed by atoms with E-state index in [1.54, 1.807) is 6.08 Å². The average molecular weight is 876 g/mol. The number of carbonyl (C=O) groups excluding carboxylic acids is 1. The second kappa shape index (κ2) is 42.3. The lowest BCUT2D eigenvalue weighted by Gasteiger charge is -2.40. The van der Waals surface area contributed by atoms with E-state index in [1.165, 1.54) is 19.3 Å². The first-order valence-electron chi connectivity index (χ1n) is 23.9. The molecule has 7 unspecified atom stereocenters. The van der Waals surface area contributed by atoms with Crippen molar-refractivity contribution in [2.45, 2.75) is 185 Å². The fourth-order valence-corrected chi connectivity index (χ4v) is 6.40. The summed E-state index contributed by atoms with van der Waals surface area (Å²) >= 11 is 0. The smallest absolute Gasteiger partial charge is 0.220 e. The summed E-state index contributed by atoms with van der Waals surface area (Å²) in [5.41, 5.74) is 0. The number of unbranched alkanes of at least 4 members (excludes halogenated alkanes) is 7. The van der Waals surface area contributed by atoms with Crippen LogP contribution in [0.1, 0.15) is 142 Å². The fraction of sp³-hybridized carbons (Fsp3) is 0.574. The van der Waals surface area contributed by atoms with Crippen LogP contribution in [0, 0.1) is 0 Å². The standard InChI is InChI=1S/C54H85NO8/c1-3-5-7-9-11-13-14-15-16-17-18-19-20-21-22-23-24-25-26-27-28-29-30-31-32-33-34-36-38-40-42-44-50(58)55-47(48(57)43-41-39-37-35-12-10-8-6-4-2)46-62-54-53(61)52(60)51(59)49(45-56)63-54/h5,7,11-13,15-16,18-19,21-22,24-25,27-28,30-31,33-35,41,43,47-49,51-54,56-57,59-61H,3-4,6,8-10,14,17,20,23,26,29,32,36-40,42,44-46H2,1-2H3,(H,55,58)/b7-5-,13-11-,16-15-,19-18-,22-21-,25-24-,28-27-,31-30-,34-33-,35-12+,43-41+. The van der Waals surface area contributed by atoms with Gasteiger partial charge in [-0.1, -0.05) is 167 Å². The number of aliphatic hydroxyl groups excluding tert-OH is 5. The van der Waals surface area contributed by atoms with Crippen LogP contribution in [0.25, 0.3) is 0 Å². The van der Waals surface area contributed by atoms with Crippen molar-refractivity contribution >= 4 is 5.91 Å². The van der Waals surface area contributed by atoms with E-state index in [2.05, 4.69) is 141 Å². The number of allylic oxidation sites excluding steroid dienone is 21. The summed E-state index contributed by atoms with van der Waals surface area (Å²) in [5, 5.41) is 54.0. The number of amides is 1. The molecule has 0 aromatic rings. The highest BCUT2D eigenvalue weighted by Crippen LogP contribution is 2.22. The molecule has 0 aromatic carbocycles. The lowest BCUT2D eigenvalue weighted by molar-refractivity contribution is -0.302. The number of aliphatic hydroxyl groups is 5. The van der Waals surface area contributed by atoms with Gasteiger partial charge in [-0.05, 0) is 103 Å². The number of rotatable bonds is 37. The van der Waals surface area contributed by atoms with E-state index < -0.39 is 49.5 Å². The van der Waals surface area contributed by atoms with Gasteiger partial charge in [0.05, 0.1) is 25.4 Å². The monoisotopic (exact) mass is 876 g/mol. The highest BCUT2D eigenvalue weighted by atomic mass is 16.7. The van der Waals surface area contributed by atoms with Gasteiger partial charge < -0.3 is 40.3 Å². The quantitative estimate of drug-likeness (QED) is 0.0267. The molecule has 354 valence electrons. The summed E-state index contributed by atoms with van der Waals surface area (Å²) in [5.74, 6) is -0.230. The van der Waals surface area contributed by atoms with E-state index in [0.717, 1.165) is 96.3 Å². The first kappa shape index (κ1) is 57.3. The van der Waals surface area contributed by atoms with Gasteiger partial charge in [0.15, 0.2) is 6.29 Å². The second-order valence-corrected chi connectivity index (χ2v) is 15.8. The van der Waals surface area contributed by atoms with Gasteiger partial charge in [-0.3, -0.25) is 4.79 Å². The normalized spacial score (nSPS) is 21.4. The molecule has 1 rings (SSSR count). The summed E-state index contributed by atoms with van der Waals surface area (Å²) in [6.45, 7) is 3.53. The van der Waals surface area contributed by atoms with Crippen molar-refractivity contribution in [2.75, 3.05) is 13.2 Å². The molecule has 9 nitrogen and oxygen atoms in total. The van der Waals surface area contributed by atoms with Crippen molar-refractivity contribution < 1.29 is 39.8 Å². The topological polar surface area (TPSA) is 149 Å². The predicted octanol–water partition coefficient (Wildman–Crippen LogP) is 10.6. The Kier molecular flexibility index (Phi) is 38.5. The van der Waals surface area contributed by atoms with Gasteiger partial charge in [0.1, 0.15) is 24.4 Å². The van der Waals surface area contributed by atoms with Gasteiger partial charge in [-0.25, -0.2) is 0 Å². The summed E-state index contributed by atoms with van der Waals surface area (Å²) in [4.78, 5) is 12.9. The van der Waals surface area contributed by atoms with E-state index >= 15 is 0 Å². The Morgan fingerprint density at radius 1 is 0.556 bits per heavy atom. The Bertz CT molecular complexity index is 1430. The Labute approximate surface area is 381 Å². The van der Waals surface area contributed by atoms with Crippen LogP contribution in [0.2, 0.25) is 0 Å². The summed E-state index contributed by atoms with van der Waals surface area (Å²) in [7, 11) is 0. The number of hydrogen-bond donors (Lipinski definition) is 6. The van der Waals surface area contributed by atoms with E-state index in [4.69, 9.17) is 9.47 Å². The van der Waals surface area contributed by atoms with Crippen molar-refractivity contribution in [3.8, 4) is 0 Å². The minimum absolute atomic E-state index is 0.225. The lowest BCUT2D eigenvalue weighted by Crippen LogP contribution is -2.60. The zero-order valence-electron chi connectivity index (χ0n) is 38.8. The highest BCUT2D eigenvalue weighted by molar-refractivity contribution is 5.76. The minimum Gasteiger partial charge on any atom is -0.394 e. The summed E-state index contributed by atoms with van der Waals surface area (Å²) in [6.07, 6.45) is 58.0. The molecule has 0 radical (unpaired) electrons. The Hall–Kier alpha value is -3.67. The van der Waals surface area contributed by atoms with Crippen LogP contribution in [-0.2, 0) is 14.3 Å². The Morgan fingerprint density at radius 3 is 1.49 bits per heavy atom. The molecular formula is C54H85NO8. The average Bonchev–Trinajstić information content (AvgIpc) is 3.28. The van der Waals surface area contributed by atoms with Gasteiger partial charge in [0, 0.05) is 6.42 Å². The minimum atomic E-state index is -1.59. The molecule has 0 aliphatic carbocycles. The Morgan fingerprint density at radius 2 is 1.00 bits per heavy atom. The second-order valence-electron chi connectivity index (χ2n) is 15.8. The molecule has 1 amide bonds. The molecule has 1 aliphatic rings. The fourth-order valence-electron chi connectivity index (χ4n) is 6.40.